The number of nitrogens with zero attached hydrogens (tertiary/aromatic N) is 2. The largest absolute Gasteiger partial charge is 0.349 e. The van der Waals surface area contributed by atoms with Gasteiger partial charge in [0.1, 0.15) is 5.56 Å². The molecule has 0 radical (unpaired) electrons. The van der Waals surface area contributed by atoms with Crippen LogP contribution in [0.1, 0.15) is 46.1 Å². The van der Waals surface area contributed by atoms with Crippen LogP contribution in [-0.2, 0) is 13.5 Å². The van der Waals surface area contributed by atoms with E-state index in [9.17, 15) is 9.59 Å². The summed E-state index contributed by atoms with van der Waals surface area (Å²) < 4.78 is 1.22. The molecule has 0 saturated carbocycles. The van der Waals surface area contributed by atoms with Gasteiger partial charge in [-0.25, -0.2) is 4.68 Å². The third kappa shape index (κ3) is 3.91. The molecule has 2 aromatic rings. The van der Waals surface area contributed by atoms with Crippen molar-refractivity contribution in [1.82, 2.24) is 15.1 Å². The van der Waals surface area contributed by atoms with Crippen LogP contribution in [0, 0.1) is 20.8 Å². The van der Waals surface area contributed by atoms with Crippen molar-refractivity contribution in [1.29, 1.82) is 0 Å². The second kappa shape index (κ2) is 7.43. The van der Waals surface area contributed by atoms with Crippen LogP contribution >= 0.6 is 0 Å². The Morgan fingerprint density at radius 3 is 2.42 bits per heavy atom. The smallest absolute Gasteiger partial charge is 0.279 e. The molecule has 0 spiro atoms. The van der Waals surface area contributed by atoms with Crippen LogP contribution in [0.3, 0.4) is 0 Å². The van der Waals surface area contributed by atoms with Crippen LogP contribution in [0.2, 0.25) is 0 Å². The fourth-order valence-corrected chi connectivity index (χ4v) is 2.68. The van der Waals surface area contributed by atoms with Gasteiger partial charge < -0.3 is 5.32 Å². The molecule has 0 bridgehead atoms. The molecule has 0 aliphatic rings. The van der Waals surface area contributed by atoms with Gasteiger partial charge in [0.25, 0.3) is 11.5 Å². The first-order chi connectivity index (χ1) is 11.3. The van der Waals surface area contributed by atoms with E-state index in [0.717, 1.165) is 12.8 Å². The third-order valence-corrected chi connectivity index (χ3v) is 4.38. The minimum absolute atomic E-state index is 0.0159. The molecule has 0 aliphatic heterocycles. The van der Waals surface area contributed by atoms with Crippen LogP contribution in [0.5, 0.6) is 0 Å². The molecule has 0 fully saturated rings. The Hall–Kier alpha value is -2.43. The van der Waals surface area contributed by atoms with Gasteiger partial charge in [0.15, 0.2) is 0 Å². The first-order valence-corrected chi connectivity index (χ1v) is 8.24. The molecule has 1 aromatic carbocycles. The summed E-state index contributed by atoms with van der Waals surface area (Å²) >= 11 is 0. The number of hydrogen-bond donors (Lipinski definition) is 1. The number of benzene rings is 1. The summed E-state index contributed by atoms with van der Waals surface area (Å²) in [5.74, 6) is -0.322. The van der Waals surface area contributed by atoms with Crippen molar-refractivity contribution in [2.24, 2.45) is 7.05 Å². The minimum Gasteiger partial charge on any atom is -0.349 e. The molecule has 0 aliphatic carbocycles. The van der Waals surface area contributed by atoms with E-state index in [1.807, 2.05) is 13.8 Å². The number of aryl methyl sites for hydroxylation is 3. The lowest BCUT2D eigenvalue weighted by atomic mass is 10.0. The van der Waals surface area contributed by atoms with Crippen molar-refractivity contribution in [3.05, 3.63) is 62.6 Å². The Morgan fingerprint density at radius 1 is 1.21 bits per heavy atom. The molecular formula is C19H25N3O2. The van der Waals surface area contributed by atoms with Crippen LogP contribution in [0.15, 0.2) is 29.1 Å². The molecule has 5 heteroatoms. The molecule has 2 rings (SSSR count). The van der Waals surface area contributed by atoms with Crippen molar-refractivity contribution in [3.8, 4) is 0 Å². The highest BCUT2D eigenvalue weighted by molar-refractivity contribution is 5.95. The molecule has 24 heavy (non-hydrogen) atoms. The Balaban J connectivity index is 2.21. The standard InChI is InChI=1S/C19H25N3O2/c1-6-16(11-15-9-7-12(2)8-10-15)20-18(23)17-13(3)14(4)21-22(5)19(17)24/h7-10,16H,6,11H2,1-5H3,(H,20,23). The van der Waals surface area contributed by atoms with Crippen molar-refractivity contribution < 1.29 is 4.79 Å². The van der Waals surface area contributed by atoms with Crippen LogP contribution < -0.4 is 10.9 Å². The summed E-state index contributed by atoms with van der Waals surface area (Å²) in [5, 5.41) is 7.12. The molecule has 1 atom stereocenters. The molecule has 1 aromatic heterocycles. The first-order valence-electron chi connectivity index (χ1n) is 8.24. The number of rotatable bonds is 5. The molecule has 1 N–H and O–H groups in total. The number of amides is 1. The Kier molecular flexibility index (Phi) is 5.54. The molecule has 1 unspecified atom stereocenters. The van der Waals surface area contributed by atoms with Gasteiger partial charge in [-0.3, -0.25) is 9.59 Å². The summed E-state index contributed by atoms with van der Waals surface area (Å²) in [6.45, 7) is 7.64. The van der Waals surface area contributed by atoms with Crippen molar-refractivity contribution >= 4 is 5.91 Å². The van der Waals surface area contributed by atoms with E-state index in [-0.39, 0.29) is 23.1 Å². The zero-order chi connectivity index (χ0) is 17.9. The molecule has 1 heterocycles. The second-order valence-electron chi connectivity index (χ2n) is 6.28. The summed E-state index contributed by atoms with van der Waals surface area (Å²) in [6.07, 6.45) is 1.54. The van der Waals surface area contributed by atoms with E-state index < -0.39 is 0 Å². The number of nitrogens with one attached hydrogen (secondary N) is 1. The van der Waals surface area contributed by atoms with Gasteiger partial charge in [0, 0.05) is 13.1 Å². The van der Waals surface area contributed by atoms with E-state index in [1.54, 1.807) is 20.9 Å². The molecular weight excluding hydrogens is 302 g/mol. The van der Waals surface area contributed by atoms with Gasteiger partial charge in [-0.05, 0) is 44.7 Å². The van der Waals surface area contributed by atoms with E-state index >= 15 is 0 Å². The molecule has 1 amide bonds. The number of aromatic nitrogens is 2. The predicted octanol–water partition coefficient (Wildman–Crippen LogP) is 2.46. The van der Waals surface area contributed by atoms with Crippen LogP contribution in [-0.4, -0.2) is 21.7 Å². The maximum absolute atomic E-state index is 12.7. The fourth-order valence-electron chi connectivity index (χ4n) is 2.68. The average molecular weight is 327 g/mol. The predicted molar refractivity (Wildman–Crippen MR) is 95.4 cm³/mol. The molecule has 128 valence electrons. The van der Waals surface area contributed by atoms with Crippen molar-refractivity contribution in [2.75, 3.05) is 0 Å². The average Bonchev–Trinajstić information content (AvgIpc) is 2.54. The Morgan fingerprint density at radius 2 is 1.83 bits per heavy atom. The molecule has 5 nitrogen and oxygen atoms in total. The fraction of sp³-hybridized carbons (Fsp3) is 0.421. The third-order valence-electron chi connectivity index (χ3n) is 4.38. The van der Waals surface area contributed by atoms with Gasteiger partial charge in [0.05, 0.1) is 5.69 Å². The number of carbonyl (C=O) groups excluding carboxylic acids is 1. The minimum atomic E-state index is -0.360. The highest BCUT2D eigenvalue weighted by atomic mass is 16.2. The lowest BCUT2D eigenvalue weighted by Gasteiger charge is -2.18. The van der Waals surface area contributed by atoms with Crippen molar-refractivity contribution in [3.63, 3.8) is 0 Å². The highest BCUT2D eigenvalue weighted by Gasteiger charge is 2.20. The number of hydrogen-bond acceptors (Lipinski definition) is 3. The molecule has 0 saturated heterocycles. The zero-order valence-corrected chi connectivity index (χ0v) is 15.0. The Bertz CT molecular complexity index is 791. The van der Waals surface area contributed by atoms with Crippen LogP contribution in [0.4, 0.5) is 0 Å². The van der Waals surface area contributed by atoms with Gasteiger partial charge in [-0.1, -0.05) is 36.8 Å². The van der Waals surface area contributed by atoms with Crippen molar-refractivity contribution in [2.45, 2.75) is 46.6 Å². The van der Waals surface area contributed by atoms with Gasteiger partial charge in [-0.15, -0.1) is 0 Å². The quantitative estimate of drug-likeness (QED) is 0.917. The summed E-state index contributed by atoms with van der Waals surface area (Å²) in [7, 11) is 1.56. The SMILES string of the molecule is CCC(Cc1ccc(C)cc1)NC(=O)c1c(C)c(C)nn(C)c1=O. The zero-order valence-electron chi connectivity index (χ0n) is 15.0. The first kappa shape index (κ1) is 17.9. The lowest BCUT2D eigenvalue weighted by Crippen LogP contribution is -2.41. The van der Waals surface area contributed by atoms with E-state index in [4.69, 9.17) is 0 Å². The van der Waals surface area contributed by atoms with E-state index in [1.165, 1.54) is 15.8 Å². The maximum Gasteiger partial charge on any atom is 0.279 e. The monoisotopic (exact) mass is 327 g/mol. The normalized spacial score (nSPS) is 12.0. The summed E-state index contributed by atoms with van der Waals surface area (Å²) in [6, 6.07) is 8.26. The summed E-state index contributed by atoms with van der Waals surface area (Å²) in [5.41, 5.74) is 3.54. The van der Waals surface area contributed by atoms with Gasteiger partial charge in [-0.2, -0.15) is 5.10 Å². The summed E-state index contributed by atoms with van der Waals surface area (Å²) in [4.78, 5) is 24.9. The maximum atomic E-state index is 12.7. The Labute approximate surface area is 142 Å². The van der Waals surface area contributed by atoms with Gasteiger partial charge in [0.2, 0.25) is 0 Å². The van der Waals surface area contributed by atoms with Gasteiger partial charge >= 0.3 is 0 Å². The number of carbonyl (C=O) groups is 1. The highest BCUT2D eigenvalue weighted by Crippen LogP contribution is 2.10. The van der Waals surface area contributed by atoms with Crippen LogP contribution in [0.25, 0.3) is 0 Å². The second-order valence-corrected chi connectivity index (χ2v) is 6.28. The van der Waals surface area contributed by atoms with E-state index in [0.29, 0.717) is 11.3 Å². The van der Waals surface area contributed by atoms with E-state index in [2.05, 4.69) is 34.7 Å². The lowest BCUT2D eigenvalue weighted by molar-refractivity contribution is 0.0932. The topological polar surface area (TPSA) is 64.0 Å².